The van der Waals surface area contributed by atoms with Gasteiger partial charge in [-0.25, -0.2) is 0 Å². The highest BCUT2D eigenvalue weighted by Gasteiger charge is 2.70. The average molecular weight is 708 g/mol. The molecule has 0 aromatic carbocycles. The van der Waals surface area contributed by atoms with Crippen LogP contribution >= 0.6 is 0 Å². The third kappa shape index (κ3) is 6.17. The van der Waals surface area contributed by atoms with E-state index in [0.29, 0.717) is 51.2 Å². The molecule has 6 fully saturated rings. The van der Waals surface area contributed by atoms with Crippen LogP contribution in [0.25, 0.3) is 0 Å². The summed E-state index contributed by atoms with van der Waals surface area (Å²) in [6.45, 7) is 17.3. The monoisotopic (exact) mass is 708 g/mol. The molecular weight excluding hydrogens is 634 g/mol. The third-order valence-electron chi connectivity index (χ3n) is 17.6. The summed E-state index contributed by atoms with van der Waals surface area (Å²) in [6.07, 6.45) is 7.10. The van der Waals surface area contributed by atoms with E-state index in [4.69, 9.17) is 15.2 Å². The minimum Gasteiger partial charge on any atom is -0.394 e. The van der Waals surface area contributed by atoms with Gasteiger partial charge in [-0.2, -0.15) is 0 Å². The molecule has 0 unspecified atom stereocenters. The van der Waals surface area contributed by atoms with E-state index in [2.05, 4.69) is 48.5 Å². The predicted molar refractivity (Wildman–Crippen MR) is 193 cm³/mol. The molecule has 290 valence electrons. The molecule has 1 aliphatic heterocycles. The molecule has 0 spiro atoms. The van der Waals surface area contributed by atoms with Crippen LogP contribution in [0.15, 0.2) is 0 Å². The van der Waals surface area contributed by atoms with Gasteiger partial charge in [-0.3, -0.25) is 0 Å². The van der Waals surface area contributed by atoms with Crippen molar-refractivity contribution in [2.24, 2.45) is 68.3 Å². The molecule has 5 aliphatic carbocycles. The largest absolute Gasteiger partial charge is 0.394 e. The fourth-order valence-electron chi connectivity index (χ4n) is 14.6. The van der Waals surface area contributed by atoms with E-state index in [0.717, 1.165) is 24.2 Å². The Kier molecular flexibility index (Phi) is 11.1. The highest BCUT2D eigenvalue weighted by molar-refractivity contribution is 5.19. The van der Waals surface area contributed by atoms with Crippen molar-refractivity contribution < 1.29 is 40.1 Å². The van der Waals surface area contributed by atoms with E-state index >= 15 is 0 Å². The van der Waals surface area contributed by atoms with E-state index in [9.17, 15) is 30.6 Å². The highest BCUT2D eigenvalue weighted by atomic mass is 16.7. The van der Waals surface area contributed by atoms with Gasteiger partial charge in [-0.1, -0.05) is 54.9 Å². The van der Waals surface area contributed by atoms with Gasteiger partial charge in [-0.05, 0) is 140 Å². The summed E-state index contributed by atoms with van der Waals surface area (Å²) in [7, 11) is 0. The van der Waals surface area contributed by atoms with E-state index in [1.807, 2.05) is 0 Å². The van der Waals surface area contributed by atoms with Crippen molar-refractivity contribution in [1.82, 2.24) is 0 Å². The maximum atomic E-state index is 10.9. The zero-order valence-electron chi connectivity index (χ0n) is 32.3. The molecule has 9 nitrogen and oxygen atoms in total. The average Bonchev–Trinajstić information content (AvgIpc) is 3.42. The Hall–Kier alpha value is -0.360. The summed E-state index contributed by atoms with van der Waals surface area (Å²) in [5.41, 5.74) is 7.96. The van der Waals surface area contributed by atoms with Crippen LogP contribution in [0.4, 0.5) is 0 Å². The smallest absolute Gasteiger partial charge is 0.175 e. The minimum atomic E-state index is -1.42. The van der Waals surface area contributed by atoms with Gasteiger partial charge < -0.3 is 45.8 Å². The van der Waals surface area contributed by atoms with Gasteiger partial charge >= 0.3 is 0 Å². The SMILES string of the molecule is C[C@H](CC[C@@H](O)[C@@H](O)[C@@H](O)CO[C@@H]1O[C@H](CO)[C@@H](O)[C@H](O)[C@H]1N)[C@H]1CC[C@]2(C)[C@H]3CC[C@@H]4[C@@]5(C)CCCC(C)(C)[C@@H]5CC[C@@]4(C)[C@]3(C)CC[C@@H]12. The first kappa shape index (κ1) is 39.3. The number of nitrogens with two attached hydrogens (primary N) is 1. The lowest BCUT2D eigenvalue weighted by Gasteiger charge is -2.73. The van der Waals surface area contributed by atoms with Crippen LogP contribution in [0.3, 0.4) is 0 Å². The van der Waals surface area contributed by atoms with Crippen molar-refractivity contribution >= 4 is 0 Å². The molecule has 0 amide bonds. The third-order valence-corrected chi connectivity index (χ3v) is 17.6. The normalized spacial score (nSPS) is 51.0. The lowest BCUT2D eigenvalue weighted by atomic mass is 9.32. The predicted octanol–water partition coefficient (Wildman–Crippen LogP) is 4.76. The van der Waals surface area contributed by atoms with Crippen molar-refractivity contribution in [2.75, 3.05) is 13.2 Å². The van der Waals surface area contributed by atoms with Crippen LogP contribution in [0.5, 0.6) is 0 Å². The molecule has 5 saturated carbocycles. The van der Waals surface area contributed by atoms with Crippen LogP contribution in [0.1, 0.15) is 132 Å². The van der Waals surface area contributed by atoms with Crippen LogP contribution < -0.4 is 5.73 Å². The van der Waals surface area contributed by atoms with Crippen LogP contribution in [-0.4, -0.2) is 92.8 Å². The summed E-state index contributed by atoms with van der Waals surface area (Å²) in [5.74, 6) is 4.12. The topological polar surface area (TPSA) is 166 Å². The number of aliphatic hydroxyl groups is 6. The molecule has 0 radical (unpaired) electrons. The van der Waals surface area contributed by atoms with E-state index in [-0.39, 0.29) is 6.61 Å². The molecule has 1 heterocycles. The first-order chi connectivity index (χ1) is 23.4. The fourth-order valence-corrected chi connectivity index (χ4v) is 14.6. The Bertz CT molecular complexity index is 1190. The standard InChI is InChI=1S/C41H73NO8/c1-23(9-10-26(44)33(46)27(45)22-49-36-32(42)35(48)34(47)28(21-43)50-36)24-13-18-38(4)25(24)14-19-40(6)30(38)11-12-31-39(5)17-8-16-37(2,3)29(39)15-20-41(31,40)7/h23-36,43-48H,8-22,42H2,1-7H3/t23-,24-,25+,26-,27+,28-,29+,30-,31-,32-,33-,34-,35-,36-,38+,39+,40-,41-/m1/s1. The lowest BCUT2D eigenvalue weighted by molar-refractivity contribution is -0.273. The Labute approximate surface area is 302 Å². The van der Waals surface area contributed by atoms with E-state index in [1.54, 1.807) is 0 Å². The lowest BCUT2D eigenvalue weighted by Crippen LogP contribution is -2.65. The molecule has 18 atom stereocenters. The van der Waals surface area contributed by atoms with Gasteiger partial charge in [0.25, 0.3) is 0 Å². The molecule has 0 aromatic rings. The maximum Gasteiger partial charge on any atom is 0.175 e. The zero-order chi connectivity index (χ0) is 36.6. The van der Waals surface area contributed by atoms with Gasteiger partial charge in [0.2, 0.25) is 0 Å². The highest BCUT2D eigenvalue weighted by Crippen LogP contribution is 2.78. The molecule has 1 saturated heterocycles. The molecule has 0 bridgehead atoms. The van der Waals surface area contributed by atoms with Gasteiger partial charge in [-0.15, -0.1) is 0 Å². The second-order valence-corrected chi connectivity index (χ2v) is 20.1. The summed E-state index contributed by atoms with van der Waals surface area (Å²) >= 11 is 0. The van der Waals surface area contributed by atoms with Crippen molar-refractivity contribution in [3.63, 3.8) is 0 Å². The molecule has 6 aliphatic rings. The van der Waals surface area contributed by atoms with Crippen LogP contribution in [0, 0.1) is 62.6 Å². The Morgan fingerprint density at radius 2 is 1.38 bits per heavy atom. The van der Waals surface area contributed by atoms with Gasteiger partial charge in [0, 0.05) is 0 Å². The molecule has 50 heavy (non-hydrogen) atoms. The zero-order valence-corrected chi connectivity index (χ0v) is 32.3. The van der Waals surface area contributed by atoms with E-state index < -0.39 is 55.6 Å². The quantitative estimate of drug-likeness (QED) is 0.170. The Morgan fingerprint density at radius 3 is 2.04 bits per heavy atom. The number of aliphatic hydroxyl groups excluding tert-OH is 6. The number of rotatable bonds is 10. The number of hydrogen-bond acceptors (Lipinski definition) is 9. The van der Waals surface area contributed by atoms with E-state index in [1.165, 1.54) is 70.6 Å². The fraction of sp³-hybridized carbons (Fsp3) is 1.00. The molecule has 9 heteroatoms. The van der Waals surface area contributed by atoms with Gasteiger partial charge in [0.1, 0.15) is 30.5 Å². The number of fused-ring (bicyclic) bond motifs is 7. The maximum absolute atomic E-state index is 10.9. The summed E-state index contributed by atoms with van der Waals surface area (Å²) in [5, 5.41) is 62.0. The van der Waals surface area contributed by atoms with Crippen molar-refractivity contribution in [2.45, 2.75) is 181 Å². The number of hydrogen-bond donors (Lipinski definition) is 7. The first-order valence-corrected chi connectivity index (χ1v) is 20.4. The molecular formula is C41H73NO8. The second kappa shape index (κ2) is 14.1. The second-order valence-electron chi connectivity index (χ2n) is 20.1. The van der Waals surface area contributed by atoms with Gasteiger partial charge in [0.05, 0.1) is 25.4 Å². The van der Waals surface area contributed by atoms with Crippen molar-refractivity contribution in [3.05, 3.63) is 0 Å². The number of ether oxygens (including phenoxy) is 2. The van der Waals surface area contributed by atoms with Crippen molar-refractivity contribution in [1.29, 1.82) is 0 Å². The summed E-state index contributed by atoms with van der Waals surface area (Å²) in [6, 6.07) is -1.10. The molecule has 8 N–H and O–H groups in total. The van der Waals surface area contributed by atoms with Gasteiger partial charge in [0.15, 0.2) is 6.29 Å². The van der Waals surface area contributed by atoms with Crippen LogP contribution in [0.2, 0.25) is 0 Å². The Balaban J connectivity index is 1.05. The van der Waals surface area contributed by atoms with Crippen LogP contribution in [-0.2, 0) is 9.47 Å². The summed E-state index contributed by atoms with van der Waals surface area (Å²) in [4.78, 5) is 0. The Morgan fingerprint density at radius 1 is 0.740 bits per heavy atom. The molecule has 0 aromatic heterocycles. The first-order valence-electron chi connectivity index (χ1n) is 20.4. The summed E-state index contributed by atoms with van der Waals surface area (Å²) < 4.78 is 11.0. The minimum absolute atomic E-state index is 0.343. The molecule has 6 rings (SSSR count). The van der Waals surface area contributed by atoms with Crippen molar-refractivity contribution in [3.8, 4) is 0 Å².